The smallest absolute Gasteiger partial charge is 0.405 e. The van der Waals surface area contributed by atoms with Crippen LogP contribution in [0.15, 0.2) is 36.5 Å². The summed E-state index contributed by atoms with van der Waals surface area (Å²) in [6.45, 7) is 2.18. The summed E-state index contributed by atoms with van der Waals surface area (Å²) in [5, 5.41) is 12.2. The Kier molecular flexibility index (Phi) is 5.07. The number of carbonyl (C=O) groups excluding carboxylic acids is 1. The van der Waals surface area contributed by atoms with Gasteiger partial charge in [0.15, 0.2) is 5.78 Å². The van der Waals surface area contributed by atoms with E-state index in [1.807, 2.05) is 0 Å². The summed E-state index contributed by atoms with van der Waals surface area (Å²) >= 11 is 0. The molecule has 1 aromatic heterocycles. The maximum absolute atomic E-state index is 15.2. The van der Waals surface area contributed by atoms with Gasteiger partial charge in [0.25, 0.3) is 0 Å². The zero-order valence-electron chi connectivity index (χ0n) is 16.0. The van der Waals surface area contributed by atoms with E-state index < -0.39 is 35.1 Å². The van der Waals surface area contributed by atoms with Crippen LogP contribution in [0.25, 0.3) is 10.8 Å². The van der Waals surface area contributed by atoms with Crippen molar-refractivity contribution in [2.75, 3.05) is 6.61 Å². The van der Waals surface area contributed by atoms with E-state index >= 15 is 4.39 Å². The highest BCUT2D eigenvalue weighted by Gasteiger charge is 2.32. The second-order valence-electron chi connectivity index (χ2n) is 6.93. The molecule has 1 amide bonds. The van der Waals surface area contributed by atoms with Crippen molar-refractivity contribution in [2.24, 2.45) is 0 Å². The van der Waals surface area contributed by atoms with Crippen LogP contribution in [0.4, 0.5) is 13.6 Å². The minimum Gasteiger partial charge on any atom is -0.478 e. The fraction of sp³-hybridized carbons (Fsp3) is 0.227. The Morgan fingerprint density at radius 2 is 2.07 bits per heavy atom. The predicted molar refractivity (Wildman–Crippen MR) is 105 cm³/mol. The van der Waals surface area contributed by atoms with E-state index in [2.05, 4.69) is 10.3 Å². The quantitative estimate of drug-likeness (QED) is 0.607. The van der Waals surface area contributed by atoms with Gasteiger partial charge in [0.1, 0.15) is 11.6 Å². The van der Waals surface area contributed by atoms with Crippen molar-refractivity contribution in [3.05, 3.63) is 70.4 Å². The van der Waals surface area contributed by atoms with Crippen LogP contribution >= 0.6 is 0 Å². The number of carboxylic acid groups (broad SMARTS) is 1. The van der Waals surface area contributed by atoms with E-state index in [0.29, 0.717) is 29.7 Å². The molecular formula is C22H18F2N2O4. The number of carbonyl (C=O) groups is 2. The van der Waals surface area contributed by atoms with Crippen LogP contribution in [-0.2, 0) is 6.42 Å². The van der Waals surface area contributed by atoms with E-state index in [4.69, 9.17) is 9.84 Å². The highest BCUT2D eigenvalue weighted by molar-refractivity contribution is 6.17. The lowest BCUT2D eigenvalue weighted by Crippen LogP contribution is -2.25. The van der Waals surface area contributed by atoms with Crippen LogP contribution in [0.3, 0.4) is 0 Å². The molecule has 2 N–H and O–H groups in total. The largest absolute Gasteiger partial charge is 0.478 e. The summed E-state index contributed by atoms with van der Waals surface area (Å²) in [5.74, 6) is -2.42. The highest BCUT2D eigenvalue weighted by atomic mass is 19.1. The van der Waals surface area contributed by atoms with Crippen molar-refractivity contribution in [2.45, 2.75) is 25.8 Å². The minimum atomic E-state index is -1.27. The molecule has 3 aromatic rings. The lowest BCUT2D eigenvalue weighted by Gasteiger charge is -2.14. The maximum Gasteiger partial charge on any atom is 0.405 e. The zero-order chi connectivity index (χ0) is 21.4. The van der Waals surface area contributed by atoms with Gasteiger partial charge in [0.2, 0.25) is 5.88 Å². The number of pyridine rings is 1. The number of nitrogens with one attached hydrogen (secondary N) is 1. The van der Waals surface area contributed by atoms with Gasteiger partial charge in [-0.05, 0) is 54.5 Å². The van der Waals surface area contributed by atoms with Crippen molar-refractivity contribution in [1.29, 1.82) is 0 Å². The number of hydrogen-bond donors (Lipinski definition) is 2. The van der Waals surface area contributed by atoms with Crippen molar-refractivity contribution in [3.63, 3.8) is 0 Å². The molecular weight excluding hydrogens is 394 g/mol. The van der Waals surface area contributed by atoms with Crippen LogP contribution in [0.5, 0.6) is 5.88 Å². The number of fused-ring (bicyclic) bond motifs is 2. The molecule has 0 saturated carbocycles. The third kappa shape index (κ3) is 3.24. The van der Waals surface area contributed by atoms with Gasteiger partial charge < -0.3 is 15.2 Å². The van der Waals surface area contributed by atoms with E-state index in [1.165, 1.54) is 12.3 Å². The van der Waals surface area contributed by atoms with E-state index in [-0.39, 0.29) is 23.1 Å². The second-order valence-corrected chi connectivity index (χ2v) is 6.93. The zero-order valence-corrected chi connectivity index (χ0v) is 16.0. The van der Waals surface area contributed by atoms with Gasteiger partial charge in [0.05, 0.1) is 18.2 Å². The summed E-state index contributed by atoms with van der Waals surface area (Å²) in [6, 6.07) is 6.78. The van der Waals surface area contributed by atoms with Crippen LogP contribution in [0, 0.1) is 11.6 Å². The Balaban J connectivity index is 1.82. The minimum absolute atomic E-state index is 0.131. The number of benzene rings is 2. The average molecular weight is 412 g/mol. The molecule has 30 heavy (non-hydrogen) atoms. The molecule has 0 bridgehead atoms. The van der Waals surface area contributed by atoms with Crippen LogP contribution in [0.1, 0.15) is 46.4 Å². The standard InChI is InChI=1S/C22H18F2N2O4/c1-2-30-21-14-5-3-4-13(11(14)8-9-25-21)20(27)18-16(23)10-15-12(19(18)24)6-7-17(15)26-22(28)29/h3-5,8-10,17,26H,2,6-7H2,1H3,(H,28,29). The number of aromatic nitrogens is 1. The topological polar surface area (TPSA) is 88.5 Å². The van der Waals surface area contributed by atoms with Crippen LogP contribution in [-0.4, -0.2) is 28.6 Å². The average Bonchev–Trinajstić information content (AvgIpc) is 3.10. The second kappa shape index (κ2) is 7.70. The summed E-state index contributed by atoms with van der Waals surface area (Å²) in [6.07, 6.45) is 0.707. The molecule has 6 nitrogen and oxygen atoms in total. The molecule has 1 aliphatic carbocycles. The number of halogens is 2. The fourth-order valence-corrected chi connectivity index (χ4v) is 3.96. The lowest BCUT2D eigenvalue weighted by atomic mass is 9.94. The van der Waals surface area contributed by atoms with Crippen LogP contribution in [0.2, 0.25) is 0 Å². The van der Waals surface area contributed by atoms with Crippen molar-refractivity contribution in [3.8, 4) is 5.88 Å². The number of amides is 1. The Morgan fingerprint density at radius 3 is 2.80 bits per heavy atom. The normalized spacial score (nSPS) is 15.1. The van der Waals surface area contributed by atoms with Gasteiger partial charge >= 0.3 is 6.09 Å². The fourth-order valence-electron chi connectivity index (χ4n) is 3.96. The molecule has 154 valence electrons. The van der Waals surface area contributed by atoms with Gasteiger partial charge in [-0.15, -0.1) is 0 Å². The maximum atomic E-state index is 15.2. The van der Waals surface area contributed by atoms with Gasteiger partial charge in [0, 0.05) is 17.1 Å². The third-order valence-electron chi connectivity index (χ3n) is 5.23. The van der Waals surface area contributed by atoms with E-state index in [1.54, 1.807) is 25.1 Å². The molecule has 0 radical (unpaired) electrons. The molecule has 8 heteroatoms. The van der Waals surface area contributed by atoms with Crippen LogP contribution < -0.4 is 10.1 Å². The molecule has 1 unspecified atom stereocenters. The van der Waals surface area contributed by atoms with Gasteiger partial charge in [-0.1, -0.05) is 12.1 Å². The molecule has 0 fully saturated rings. The molecule has 0 aliphatic heterocycles. The summed E-state index contributed by atoms with van der Waals surface area (Å²) in [5.41, 5.74) is -0.126. The van der Waals surface area contributed by atoms with E-state index in [0.717, 1.165) is 6.07 Å². The van der Waals surface area contributed by atoms with Gasteiger partial charge in [-0.25, -0.2) is 18.6 Å². The van der Waals surface area contributed by atoms with Crippen molar-refractivity contribution in [1.82, 2.24) is 10.3 Å². The van der Waals surface area contributed by atoms with Crippen molar-refractivity contribution < 1.29 is 28.2 Å². The lowest BCUT2D eigenvalue weighted by molar-refractivity contribution is 0.103. The third-order valence-corrected chi connectivity index (χ3v) is 5.23. The van der Waals surface area contributed by atoms with E-state index in [9.17, 15) is 14.0 Å². The molecule has 2 aromatic carbocycles. The first kappa shape index (κ1) is 19.8. The number of ether oxygens (including phenoxy) is 1. The Labute approximate surface area is 170 Å². The summed E-state index contributed by atoms with van der Waals surface area (Å²) in [4.78, 5) is 28.3. The molecule has 0 saturated heterocycles. The number of hydrogen-bond acceptors (Lipinski definition) is 4. The molecule has 4 rings (SSSR count). The van der Waals surface area contributed by atoms with Crippen molar-refractivity contribution >= 4 is 22.6 Å². The number of ketones is 1. The first-order valence-corrected chi connectivity index (χ1v) is 9.47. The predicted octanol–water partition coefficient (Wildman–Crippen LogP) is 4.40. The highest BCUT2D eigenvalue weighted by Crippen LogP contribution is 2.37. The first-order valence-electron chi connectivity index (χ1n) is 9.47. The molecule has 1 atom stereocenters. The molecule has 0 spiro atoms. The number of nitrogens with zero attached hydrogens (tertiary/aromatic N) is 1. The monoisotopic (exact) mass is 412 g/mol. The molecule has 1 aliphatic rings. The molecule has 1 heterocycles. The van der Waals surface area contributed by atoms with Gasteiger partial charge in [-0.2, -0.15) is 0 Å². The number of rotatable bonds is 5. The summed E-state index contributed by atoms with van der Waals surface area (Å²) < 4.78 is 35.6. The Hall–Kier alpha value is -3.55. The Morgan fingerprint density at radius 1 is 1.27 bits per heavy atom. The Bertz CT molecular complexity index is 1180. The van der Waals surface area contributed by atoms with Gasteiger partial charge in [-0.3, -0.25) is 4.79 Å². The summed E-state index contributed by atoms with van der Waals surface area (Å²) in [7, 11) is 0. The first-order chi connectivity index (χ1) is 14.4. The SMILES string of the molecule is CCOc1nccc2c(C(=O)c3c(F)cc4c(c3F)CCC4NC(=O)O)cccc12.